The first kappa shape index (κ1) is 23.7. The standard InChI is InChI=1S/C25H17N3O8/c26-22(30)21-19(14(24(33)34)8-16(29)20(21)25(35)36)18-13(23(31)32)7-6-12(11-4-2-1-3-5-11)17(18)15-9-27-10-28-15/h1-10,29H,(H2,26,30)(H,27,28)(H,31,32)(H,33,34)(H,35,36). The largest absolute Gasteiger partial charge is 0.507 e. The highest BCUT2D eigenvalue weighted by Crippen LogP contribution is 2.45. The number of aromatic amines is 1. The predicted molar refractivity (Wildman–Crippen MR) is 126 cm³/mol. The van der Waals surface area contributed by atoms with E-state index >= 15 is 0 Å². The number of imidazole rings is 1. The summed E-state index contributed by atoms with van der Waals surface area (Å²) in [5.74, 6) is -7.30. The van der Waals surface area contributed by atoms with Crippen molar-refractivity contribution in [3.8, 4) is 39.3 Å². The van der Waals surface area contributed by atoms with Crippen molar-refractivity contribution in [1.29, 1.82) is 0 Å². The molecule has 0 saturated heterocycles. The molecule has 3 aromatic carbocycles. The molecule has 1 aromatic heterocycles. The maximum Gasteiger partial charge on any atom is 0.340 e. The number of aromatic carboxylic acids is 3. The number of carboxylic acid groups (broad SMARTS) is 3. The van der Waals surface area contributed by atoms with Crippen molar-refractivity contribution < 1.29 is 39.6 Å². The van der Waals surface area contributed by atoms with Crippen LogP contribution in [0.3, 0.4) is 0 Å². The minimum Gasteiger partial charge on any atom is -0.507 e. The van der Waals surface area contributed by atoms with Gasteiger partial charge in [-0.1, -0.05) is 36.4 Å². The second kappa shape index (κ2) is 9.06. The fourth-order valence-corrected chi connectivity index (χ4v) is 4.13. The first-order valence-corrected chi connectivity index (χ1v) is 10.2. The summed E-state index contributed by atoms with van der Waals surface area (Å²) >= 11 is 0. The second-order valence-electron chi connectivity index (χ2n) is 7.59. The third kappa shape index (κ3) is 3.90. The highest BCUT2D eigenvalue weighted by Gasteiger charge is 2.33. The van der Waals surface area contributed by atoms with Gasteiger partial charge in [-0.15, -0.1) is 0 Å². The van der Waals surface area contributed by atoms with Crippen molar-refractivity contribution in [2.45, 2.75) is 0 Å². The first-order valence-electron chi connectivity index (χ1n) is 10.2. The van der Waals surface area contributed by atoms with Gasteiger partial charge in [-0.25, -0.2) is 19.4 Å². The van der Waals surface area contributed by atoms with Crippen LogP contribution in [0.1, 0.15) is 41.4 Å². The molecule has 7 N–H and O–H groups in total. The molecule has 0 aliphatic heterocycles. The fraction of sp³-hybridized carbons (Fsp3) is 0. The molecule has 36 heavy (non-hydrogen) atoms. The van der Waals surface area contributed by atoms with Gasteiger partial charge in [0.25, 0.3) is 0 Å². The van der Waals surface area contributed by atoms with Gasteiger partial charge >= 0.3 is 17.9 Å². The molecule has 0 bridgehead atoms. The van der Waals surface area contributed by atoms with Crippen molar-refractivity contribution in [3.05, 3.63) is 83.3 Å². The Balaban J connectivity index is 2.34. The van der Waals surface area contributed by atoms with Crippen molar-refractivity contribution in [2.24, 2.45) is 5.73 Å². The number of nitrogens with one attached hydrogen (secondary N) is 1. The number of phenols is 1. The van der Waals surface area contributed by atoms with Crippen LogP contribution in [0, 0.1) is 0 Å². The molecule has 1 heterocycles. The lowest BCUT2D eigenvalue weighted by atomic mass is 9.81. The number of rotatable bonds is 7. The highest BCUT2D eigenvalue weighted by atomic mass is 16.4. The maximum atomic E-state index is 12.6. The maximum absolute atomic E-state index is 12.6. The number of benzene rings is 3. The van der Waals surface area contributed by atoms with E-state index < -0.39 is 57.4 Å². The van der Waals surface area contributed by atoms with Crippen molar-refractivity contribution in [1.82, 2.24) is 9.97 Å². The lowest BCUT2D eigenvalue weighted by molar-refractivity contribution is 0.0676. The van der Waals surface area contributed by atoms with E-state index in [0.717, 1.165) is 0 Å². The van der Waals surface area contributed by atoms with Crippen LogP contribution in [0.2, 0.25) is 0 Å². The smallest absolute Gasteiger partial charge is 0.340 e. The average molecular weight is 487 g/mol. The molecule has 0 aliphatic carbocycles. The molecule has 1 amide bonds. The van der Waals surface area contributed by atoms with Gasteiger partial charge in [0.2, 0.25) is 5.91 Å². The van der Waals surface area contributed by atoms with E-state index in [9.17, 15) is 39.6 Å². The summed E-state index contributed by atoms with van der Waals surface area (Å²) in [6.07, 6.45) is 2.67. The molecule has 0 radical (unpaired) electrons. The van der Waals surface area contributed by atoms with Crippen LogP contribution in [0.5, 0.6) is 5.75 Å². The van der Waals surface area contributed by atoms with Gasteiger partial charge in [0.15, 0.2) is 0 Å². The van der Waals surface area contributed by atoms with E-state index in [0.29, 0.717) is 17.2 Å². The van der Waals surface area contributed by atoms with Gasteiger partial charge in [-0.2, -0.15) is 0 Å². The quantitative estimate of drug-likeness (QED) is 0.226. The summed E-state index contributed by atoms with van der Waals surface area (Å²) in [5, 5.41) is 40.0. The van der Waals surface area contributed by atoms with Crippen LogP contribution >= 0.6 is 0 Å². The summed E-state index contributed by atoms with van der Waals surface area (Å²) in [6.45, 7) is 0. The first-order chi connectivity index (χ1) is 17.1. The second-order valence-corrected chi connectivity index (χ2v) is 7.59. The molecule has 4 aromatic rings. The molecule has 11 nitrogen and oxygen atoms in total. The lowest BCUT2D eigenvalue weighted by Crippen LogP contribution is -2.21. The van der Waals surface area contributed by atoms with Crippen LogP contribution in [0.15, 0.2) is 61.1 Å². The number of hydrogen-bond acceptors (Lipinski definition) is 6. The molecule has 0 fully saturated rings. The highest BCUT2D eigenvalue weighted by molar-refractivity contribution is 6.18. The number of amides is 1. The topological polar surface area (TPSA) is 204 Å². The molecule has 4 rings (SSSR count). The number of carbonyl (C=O) groups excluding carboxylic acids is 1. The van der Waals surface area contributed by atoms with E-state index in [1.165, 1.54) is 24.7 Å². The molecule has 11 heteroatoms. The normalized spacial score (nSPS) is 10.7. The molecule has 0 atom stereocenters. The van der Waals surface area contributed by atoms with E-state index in [4.69, 9.17) is 5.73 Å². The van der Waals surface area contributed by atoms with Crippen LogP contribution < -0.4 is 5.73 Å². The van der Waals surface area contributed by atoms with Gasteiger partial charge in [0.05, 0.1) is 34.9 Å². The van der Waals surface area contributed by atoms with Crippen LogP contribution in [0.25, 0.3) is 33.5 Å². The van der Waals surface area contributed by atoms with Crippen LogP contribution in [-0.2, 0) is 0 Å². The molecule has 0 spiro atoms. The minimum atomic E-state index is -1.77. The summed E-state index contributed by atoms with van der Waals surface area (Å²) in [6, 6.07) is 12.0. The van der Waals surface area contributed by atoms with Crippen molar-refractivity contribution in [2.75, 3.05) is 0 Å². The van der Waals surface area contributed by atoms with E-state index in [2.05, 4.69) is 9.97 Å². The SMILES string of the molecule is NC(=O)c1c(C(=O)O)c(O)cc(C(=O)O)c1-c1c(C(=O)O)ccc(-c2ccccc2)c1-c1cnc[nH]1. The van der Waals surface area contributed by atoms with E-state index in [-0.39, 0.29) is 16.8 Å². The number of nitrogens with zero attached hydrogens (tertiary/aromatic N) is 1. The summed E-state index contributed by atoms with van der Waals surface area (Å²) in [4.78, 5) is 56.0. The van der Waals surface area contributed by atoms with E-state index in [1.54, 1.807) is 30.3 Å². The Morgan fingerprint density at radius 2 is 1.44 bits per heavy atom. The number of aromatic nitrogens is 2. The minimum absolute atomic E-state index is 0.130. The number of primary amides is 1. The molecule has 0 unspecified atom stereocenters. The zero-order chi connectivity index (χ0) is 26.1. The number of aromatic hydroxyl groups is 1. The Morgan fingerprint density at radius 1 is 0.778 bits per heavy atom. The number of nitrogens with two attached hydrogens (primary N) is 1. The Morgan fingerprint density at radius 3 is 1.97 bits per heavy atom. The molecular weight excluding hydrogens is 470 g/mol. The average Bonchev–Trinajstić information content (AvgIpc) is 3.37. The molecule has 0 aliphatic rings. The van der Waals surface area contributed by atoms with Crippen LogP contribution in [0.4, 0.5) is 0 Å². The van der Waals surface area contributed by atoms with E-state index in [1.807, 2.05) is 0 Å². The number of hydrogen-bond donors (Lipinski definition) is 6. The summed E-state index contributed by atoms with van der Waals surface area (Å²) in [5.41, 5.74) is 3.09. The lowest BCUT2D eigenvalue weighted by Gasteiger charge is -2.21. The predicted octanol–water partition coefficient (Wildman–Crippen LogP) is 3.31. The molecular formula is C25H17N3O8. The van der Waals surface area contributed by atoms with Crippen LogP contribution in [-0.4, -0.2) is 54.2 Å². The fourth-order valence-electron chi connectivity index (χ4n) is 4.13. The molecule has 0 saturated carbocycles. The van der Waals surface area contributed by atoms with Crippen molar-refractivity contribution >= 4 is 23.8 Å². The summed E-state index contributed by atoms with van der Waals surface area (Å²) in [7, 11) is 0. The Hall–Kier alpha value is -5.45. The van der Waals surface area contributed by atoms with Gasteiger partial charge in [0.1, 0.15) is 11.3 Å². The number of carboxylic acids is 3. The third-order valence-electron chi connectivity index (χ3n) is 5.54. The zero-order valence-corrected chi connectivity index (χ0v) is 18.2. The van der Waals surface area contributed by atoms with Gasteiger partial charge in [-0.05, 0) is 23.3 Å². The Kier molecular flexibility index (Phi) is 5.97. The van der Waals surface area contributed by atoms with Crippen molar-refractivity contribution in [3.63, 3.8) is 0 Å². The van der Waals surface area contributed by atoms with Gasteiger partial charge in [0, 0.05) is 16.7 Å². The molecule has 180 valence electrons. The monoisotopic (exact) mass is 487 g/mol. The van der Waals surface area contributed by atoms with Gasteiger partial charge < -0.3 is 31.1 Å². The Labute approximate surface area is 202 Å². The summed E-state index contributed by atoms with van der Waals surface area (Å²) < 4.78 is 0. The zero-order valence-electron chi connectivity index (χ0n) is 18.2. The number of H-pyrrole nitrogens is 1. The van der Waals surface area contributed by atoms with Gasteiger partial charge in [-0.3, -0.25) is 4.79 Å². The Bertz CT molecular complexity index is 1540. The third-order valence-corrected chi connectivity index (χ3v) is 5.54. The number of carbonyl (C=O) groups is 4.